The normalized spacial score (nSPS) is 15.4. The lowest BCUT2D eigenvalue weighted by molar-refractivity contribution is -0.137. The highest BCUT2D eigenvalue weighted by Gasteiger charge is 2.34. The number of hydrogen-bond acceptors (Lipinski definition) is 7. The molecule has 1 unspecified atom stereocenters. The third kappa shape index (κ3) is 7.45. The van der Waals surface area contributed by atoms with Gasteiger partial charge in [0.25, 0.3) is 5.91 Å². The first kappa shape index (κ1) is 32.4. The Morgan fingerprint density at radius 1 is 1.07 bits per heavy atom. The number of hydrogen-bond donors (Lipinski definition) is 2. The third-order valence-electron chi connectivity index (χ3n) is 7.37. The smallest absolute Gasteiger partial charge is 0.416 e. The number of carbonyl (C=O) groups excluding carboxylic acids is 2. The molecule has 0 bridgehead atoms. The lowest BCUT2D eigenvalue weighted by Gasteiger charge is -2.22. The Hall–Kier alpha value is -4.97. The Kier molecular flexibility index (Phi) is 9.57. The first-order chi connectivity index (χ1) is 21.9. The second kappa shape index (κ2) is 13.6. The van der Waals surface area contributed by atoms with Gasteiger partial charge in [0.15, 0.2) is 5.82 Å². The highest BCUT2D eigenvalue weighted by atomic mass is 35.5. The van der Waals surface area contributed by atoms with Crippen LogP contribution >= 0.6 is 11.6 Å². The molecule has 0 radical (unpaired) electrons. The standard InChI is InChI=1S/C33H30ClF3N6O3/c1-19(2)27(29(38)44)40-31(45)25-16-39-32(46-18-20-7-6-10-23(15-20)33(35,36)37)41-30(25)43-17-26(21-8-4-3-5-9-21)28(42-43)22-11-13-24(34)14-12-22/h3-16,19,26-27H,17-18H2,1-2H3,(H2,38,44)(H,40,45)/t26?,27-/m0/s1. The summed E-state index contributed by atoms with van der Waals surface area (Å²) in [6.45, 7) is 3.49. The van der Waals surface area contributed by atoms with Gasteiger partial charge >= 0.3 is 12.2 Å². The maximum absolute atomic E-state index is 13.6. The molecule has 0 saturated carbocycles. The van der Waals surface area contributed by atoms with Crippen molar-refractivity contribution in [1.29, 1.82) is 0 Å². The van der Waals surface area contributed by atoms with E-state index < -0.39 is 29.6 Å². The summed E-state index contributed by atoms with van der Waals surface area (Å²) in [5.41, 5.74) is 7.42. The summed E-state index contributed by atoms with van der Waals surface area (Å²) in [5, 5.41) is 9.63. The van der Waals surface area contributed by atoms with E-state index in [4.69, 9.17) is 27.2 Å². The summed E-state index contributed by atoms with van der Waals surface area (Å²) in [4.78, 5) is 34.3. The van der Waals surface area contributed by atoms with E-state index in [1.54, 1.807) is 31.0 Å². The van der Waals surface area contributed by atoms with Crippen LogP contribution in [-0.2, 0) is 17.6 Å². The molecular formula is C33H30ClF3N6O3. The van der Waals surface area contributed by atoms with E-state index in [9.17, 15) is 22.8 Å². The van der Waals surface area contributed by atoms with Crippen molar-refractivity contribution in [2.45, 2.75) is 38.6 Å². The van der Waals surface area contributed by atoms with Crippen molar-refractivity contribution in [3.63, 3.8) is 0 Å². The van der Waals surface area contributed by atoms with Gasteiger partial charge < -0.3 is 15.8 Å². The maximum Gasteiger partial charge on any atom is 0.416 e. The number of hydrazone groups is 1. The lowest BCUT2D eigenvalue weighted by Crippen LogP contribution is -2.48. The lowest BCUT2D eigenvalue weighted by atomic mass is 9.90. The molecule has 238 valence electrons. The number of nitrogens with zero attached hydrogens (tertiary/aromatic N) is 4. The molecule has 1 aliphatic rings. The zero-order valence-corrected chi connectivity index (χ0v) is 25.6. The van der Waals surface area contributed by atoms with Crippen LogP contribution < -0.4 is 20.8 Å². The number of halogens is 4. The van der Waals surface area contributed by atoms with E-state index in [0.29, 0.717) is 10.7 Å². The van der Waals surface area contributed by atoms with Gasteiger partial charge in [-0.3, -0.25) is 9.59 Å². The molecule has 46 heavy (non-hydrogen) atoms. The SMILES string of the molecule is CC(C)[C@H](NC(=O)c1cnc(OCc2cccc(C(F)(F)F)c2)nc1N1CC(c2ccccc2)C(c2ccc(Cl)cc2)=N1)C(N)=O. The van der Waals surface area contributed by atoms with Crippen molar-refractivity contribution in [1.82, 2.24) is 15.3 Å². The molecule has 5 rings (SSSR count). The summed E-state index contributed by atoms with van der Waals surface area (Å²) < 4.78 is 45.4. The van der Waals surface area contributed by atoms with Crippen molar-refractivity contribution in [3.05, 3.63) is 118 Å². The van der Waals surface area contributed by atoms with E-state index in [1.807, 2.05) is 42.5 Å². The minimum atomic E-state index is -4.52. The number of rotatable bonds is 10. The molecule has 13 heteroatoms. The van der Waals surface area contributed by atoms with Crippen LogP contribution in [0.1, 0.15) is 52.4 Å². The molecule has 0 saturated heterocycles. The van der Waals surface area contributed by atoms with Crippen molar-refractivity contribution < 1.29 is 27.5 Å². The van der Waals surface area contributed by atoms with Crippen molar-refractivity contribution in [2.75, 3.05) is 11.6 Å². The number of primary amides is 1. The largest absolute Gasteiger partial charge is 0.459 e. The second-order valence-electron chi connectivity index (χ2n) is 11.0. The van der Waals surface area contributed by atoms with Crippen LogP contribution in [0.4, 0.5) is 19.0 Å². The molecular weight excluding hydrogens is 621 g/mol. The fourth-order valence-electron chi connectivity index (χ4n) is 5.02. The molecule has 0 fully saturated rings. The van der Waals surface area contributed by atoms with Gasteiger partial charge in [0.2, 0.25) is 5.91 Å². The quantitative estimate of drug-likeness (QED) is 0.218. The van der Waals surface area contributed by atoms with Crippen molar-refractivity contribution in [2.24, 2.45) is 16.8 Å². The highest BCUT2D eigenvalue weighted by Crippen LogP contribution is 2.34. The van der Waals surface area contributed by atoms with E-state index in [0.717, 1.165) is 23.3 Å². The fraction of sp³-hybridized carbons (Fsp3) is 0.242. The second-order valence-corrected chi connectivity index (χ2v) is 11.4. The molecule has 2 heterocycles. The Labute approximate surface area is 268 Å². The number of alkyl halides is 3. The van der Waals surface area contributed by atoms with Gasteiger partial charge in [0.1, 0.15) is 18.2 Å². The van der Waals surface area contributed by atoms with E-state index in [1.165, 1.54) is 18.3 Å². The van der Waals surface area contributed by atoms with Gasteiger partial charge in [0, 0.05) is 17.1 Å². The molecule has 0 aliphatic carbocycles. The number of nitrogens with one attached hydrogen (secondary N) is 1. The van der Waals surface area contributed by atoms with Gasteiger partial charge in [-0.1, -0.05) is 80.0 Å². The topological polar surface area (TPSA) is 123 Å². The van der Waals surface area contributed by atoms with E-state index in [2.05, 4.69) is 15.3 Å². The summed E-state index contributed by atoms with van der Waals surface area (Å²) in [7, 11) is 0. The number of carbonyl (C=O) groups is 2. The Balaban J connectivity index is 1.54. The molecule has 9 nitrogen and oxygen atoms in total. The van der Waals surface area contributed by atoms with Crippen LogP contribution in [-0.4, -0.2) is 40.1 Å². The average molecular weight is 651 g/mol. The van der Waals surface area contributed by atoms with Gasteiger partial charge in [-0.25, -0.2) is 9.99 Å². The first-order valence-corrected chi connectivity index (χ1v) is 14.7. The number of anilines is 1. The molecule has 4 aromatic rings. The van der Waals surface area contributed by atoms with Gasteiger partial charge in [-0.2, -0.15) is 23.3 Å². The zero-order valence-electron chi connectivity index (χ0n) is 24.8. The van der Waals surface area contributed by atoms with Crippen LogP contribution in [0, 0.1) is 5.92 Å². The van der Waals surface area contributed by atoms with Crippen LogP contribution in [0.3, 0.4) is 0 Å². The Morgan fingerprint density at radius 3 is 2.43 bits per heavy atom. The maximum atomic E-state index is 13.6. The molecule has 1 aromatic heterocycles. The fourth-order valence-corrected chi connectivity index (χ4v) is 5.14. The number of amides is 2. The summed E-state index contributed by atoms with van der Waals surface area (Å²) >= 11 is 6.15. The zero-order chi connectivity index (χ0) is 33.0. The average Bonchev–Trinajstić information content (AvgIpc) is 3.48. The molecule has 0 spiro atoms. The monoisotopic (exact) mass is 650 g/mol. The number of aromatic nitrogens is 2. The molecule has 3 aromatic carbocycles. The number of benzene rings is 3. The highest BCUT2D eigenvalue weighted by molar-refractivity contribution is 6.30. The number of ether oxygens (including phenoxy) is 1. The van der Waals surface area contributed by atoms with E-state index >= 15 is 0 Å². The molecule has 1 aliphatic heterocycles. The summed E-state index contributed by atoms with van der Waals surface area (Å²) in [6.07, 6.45) is -3.29. The number of nitrogens with two attached hydrogens (primary N) is 1. The molecule has 2 atom stereocenters. The van der Waals surface area contributed by atoms with Gasteiger partial charge in [-0.05, 0) is 46.9 Å². The van der Waals surface area contributed by atoms with Gasteiger partial charge in [-0.15, -0.1) is 0 Å². The Morgan fingerprint density at radius 2 is 1.78 bits per heavy atom. The first-order valence-electron chi connectivity index (χ1n) is 14.3. The minimum Gasteiger partial charge on any atom is -0.459 e. The molecule has 2 amide bonds. The summed E-state index contributed by atoms with van der Waals surface area (Å²) in [6, 6.07) is 20.4. The van der Waals surface area contributed by atoms with Crippen molar-refractivity contribution in [3.8, 4) is 6.01 Å². The summed E-state index contributed by atoms with van der Waals surface area (Å²) in [5.74, 6) is -1.84. The van der Waals surface area contributed by atoms with Crippen LogP contribution in [0.25, 0.3) is 0 Å². The van der Waals surface area contributed by atoms with Crippen LogP contribution in [0.5, 0.6) is 6.01 Å². The third-order valence-corrected chi connectivity index (χ3v) is 7.63. The molecule has 3 N–H and O–H groups in total. The van der Waals surface area contributed by atoms with Crippen LogP contribution in [0.15, 0.2) is 90.2 Å². The Bertz CT molecular complexity index is 1750. The predicted molar refractivity (Wildman–Crippen MR) is 168 cm³/mol. The van der Waals surface area contributed by atoms with Crippen LogP contribution in [0.2, 0.25) is 5.02 Å². The predicted octanol–water partition coefficient (Wildman–Crippen LogP) is 5.98. The van der Waals surface area contributed by atoms with Crippen molar-refractivity contribution >= 4 is 34.9 Å². The minimum absolute atomic E-state index is 0.00811. The van der Waals surface area contributed by atoms with Gasteiger partial charge in [0.05, 0.1) is 17.8 Å². The van der Waals surface area contributed by atoms with E-state index in [-0.39, 0.29) is 47.9 Å².